The van der Waals surface area contributed by atoms with Gasteiger partial charge in [0, 0.05) is 34.1 Å². The molecule has 0 saturated heterocycles. The predicted molar refractivity (Wildman–Crippen MR) is 120 cm³/mol. The number of thiophene rings is 2. The number of fused-ring (bicyclic) bond motifs is 1. The van der Waals surface area contributed by atoms with E-state index in [1.807, 2.05) is 58.6 Å². The zero-order valence-electron chi connectivity index (χ0n) is 16.7. The van der Waals surface area contributed by atoms with Crippen molar-refractivity contribution >= 4 is 45.2 Å². The van der Waals surface area contributed by atoms with Gasteiger partial charge in [0.25, 0.3) is 0 Å². The number of carbonyl (C=O) groups excluding carboxylic acids is 2. The maximum Gasteiger partial charge on any atom is 0.341 e. The van der Waals surface area contributed by atoms with E-state index in [4.69, 9.17) is 4.74 Å². The van der Waals surface area contributed by atoms with Crippen LogP contribution >= 0.6 is 22.7 Å². The largest absolute Gasteiger partial charge is 0.462 e. The fourth-order valence-corrected chi connectivity index (χ4v) is 5.14. The molecule has 0 unspecified atom stereocenters. The van der Waals surface area contributed by atoms with Gasteiger partial charge in [-0.1, -0.05) is 12.1 Å². The number of imidazole rings is 1. The molecule has 0 aromatic carbocycles. The molecule has 1 amide bonds. The lowest BCUT2D eigenvalue weighted by Gasteiger charge is -2.08. The summed E-state index contributed by atoms with van der Waals surface area (Å²) in [7, 11) is 0. The first-order chi connectivity index (χ1) is 14.6. The minimum Gasteiger partial charge on any atom is -0.462 e. The topological polar surface area (TPSA) is 72.7 Å². The highest BCUT2D eigenvalue weighted by molar-refractivity contribution is 7.17. The molecule has 4 rings (SSSR count). The molecule has 0 fully saturated rings. The van der Waals surface area contributed by atoms with Crippen LogP contribution in [0.1, 0.15) is 35.1 Å². The summed E-state index contributed by atoms with van der Waals surface area (Å²) in [6.45, 7) is 4.00. The van der Waals surface area contributed by atoms with E-state index in [-0.39, 0.29) is 18.9 Å². The Hall–Kier alpha value is -2.97. The first kappa shape index (κ1) is 20.3. The summed E-state index contributed by atoms with van der Waals surface area (Å²) in [5.41, 5.74) is 4.01. The number of esters is 1. The molecular weight excluding hydrogens is 418 g/mol. The monoisotopic (exact) mass is 439 g/mol. The second-order valence-electron chi connectivity index (χ2n) is 6.67. The number of hydrogen-bond acceptors (Lipinski definition) is 6. The standard InChI is InChI=1S/C22H21N3O3S2/c1-3-28-22(27)20-15(17-7-6-12-29-17)13-30-21(20)24-19(26)10-9-16-14(2)23-18-8-4-5-11-25(16)18/h4-8,11-13H,3,9-10H2,1-2H3,(H,24,26). The third kappa shape index (κ3) is 4.01. The van der Waals surface area contributed by atoms with Crippen molar-refractivity contribution < 1.29 is 14.3 Å². The van der Waals surface area contributed by atoms with Crippen LogP contribution in [0.5, 0.6) is 0 Å². The lowest BCUT2D eigenvalue weighted by molar-refractivity contribution is -0.116. The van der Waals surface area contributed by atoms with Gasteiger partial charge in [-0.2, -0.15) is 0 Å². The first-order valence-corrected chi connectivity index (χ1v) is 11.4. The molecule has 4 aromatic heterocycles. The molecular formula is C22H21N3O3S2. The minimum atomic E-state index is -0.421. The van der Waals surface area contributed by atoms with E-state index in [0.29, 0.717) is 17.0 Å². The van der Waals surface area contributed by atoms with Crippen molar-refractivity contribution in [2.24, 2.45) is 0 Å². The van der Waals surface area contributed by atoms with Crippen molar-refractivity contribution in [3.05, 3.63) is 64.2 Å². The Kier molecular flexibility index (Phi) is 5.96. The molecule has 4 aromatic rings. The van der Waals surface area contributed by atoms with Crippen LogP contribution in [0.2, 0.25) is 0 Å². The van der Waals surface area contributed by atoms with Crippen LogP contribution in [0.4, 0.5) is 5.00 Å². The summed E-state index contributed by atoms with van der Waals surface area (Å²) in [5.74, 6) is -0.569. The van der Waals surface area contributed by atoms with E-state index < -0.39 is 5.97 Å². The molecule has 0 aliphatic carbocycles. The first-order valence-electron chi connectivity index (χ1n) is 9.63. The summed E-state index contributed by atoms with van der Waals surface area (Å²) < 4.78 is 7.25. The van der Waals surface area contributed by atoms with Gasteiger partial charge in [0.05, 0.1) is 12.3 Å². The highest BCUT2D eigenvalue weighted by Gasteiger charge is 2.23. The van der Waals surface area contributed by atoms with E-state index in [1.165, 1.54) is 11.3 Å². The Balaban J connectivity index is 1.53. The Labute approximate surface area is 182 Å². The van der Waals surface area contributed by atoms with Gasteiger partial charge in [-0.15, -0.1) is 22.7 Å². The lowest BCUT2D eigenvalue weighted by atomic mass is 10.1. The summed E-state index contributed by atoms with van der Waals surface area (Å²) in [4.78, 5) is 30.8. The van der Waals surface area contributed by atoms with Gasteiger partial charge in [-0.25, -0.2) is 9.78 Å². The number of aromatic nitrogens is 2. The number of hydrogen-bond donors (Lipinski definition) is 1. The Bertz CT molecular complexity index is 1190. The van der Waals surface area contributed by atoms with E-state index in [2.05, 4.69) is 10.3 Å². The molecule has 0 spiro atoms. The molecule has 8 heteroatoms. The van der Waals surface area contributed by atoms with Crippen molar-refractivity contribution in [2.75, 3.05) is 11.9 Å². The van der Waals surface area contributed by atoms with Gasteiger partial charge in [0.2, 0.25) is 5.91 Å². The predicted octanol–water partition coefficient (Wildman–Crippen LogP) is 5.18. The van der Waals surface area contributed by atoms with Crippen LogP contribution in [0.25, 0.3) is 16.1 Å². The van der Waals surface area contributed by atoms with E-state index >= 15 is 0 Å². The molecule has 0 radical (unpaired) electrons. The Morgan fingerprint density at radius 1 is 1.20 bits per heavy atom. The summed E-state index contributed by atoms with van der Waals surface area (Å²) in [6, 6.07) is 9.72. The summed E-state index contributed by atoms with van der Waals surface area (Å²) in [5, 5.41) is 7.29. The second-order valence-corrected chi connectivity index (χ2v) is 8.50. The van der Waals surface area contributed by atoms with Crippen molar-refractivity contribution in [1.82, 2.24) is 9.38 Å². The van der Waals surface area contributed by atoms with Crippen molar-refractivity contribution in [3.8, 4) is 10.4 Å². The normalized spacial score (nSPS) is 11.0. The summed E-state index contributed by atoms with van der Waals surface area (Å²) >= 11 is 2.89. The average molecular weight is 440 g/mol. The molecule has 1 N–H and O–H groups in total. The van der Waals surface area contributed by atoms with Crippen LogP contribution in [-0.2, 0) is 16.0 Å². The summed E-state index contributed by atoms with van der Waals surface area (Å²) in [6.07, 6.45) is 2.80. The third-order valence-electron chi connectivity index (χ3n) is 4.73. The van der Waals surface area contributed by atoms with Gasteiger partial charge in [-0.05, 0) is 43.8 Å². The fraction of sp³-hybridized carbons (Fsp3) is 0.227. The zero-order chi connectivity index (χ0) is 21.1. The van der Waals surface area contributed by atoms with Gasteiger partial charge in [0.15, 0.2) is 0 Å². The van der Waals surface area contributed by atoms with Crippen LogP contribution in [0.15, 0.2) is 47.3 Å². The molecule has 0 aliphatic heterocycles. The Morgan fingerprint density at radius 2 is 2.07 bits per heavy atom. The average Bonchev–Trinajstić information content (AvgIpc) is 3.45. The molecule has 30 heavy (non-hydrogen) atoms. The smallest absolute Gasteiger partial charge is 0.341 e. The SMILES string of the molecule is CCOC(=O)c1c(-c2cccs2)csc1NC(=O)CCc1c(C)nc2ccccn12. The molecule has 6 nitrogen and oxygen atoms in total. The van der Waals surface area contributed by atoms with Crippen molar-refractivity contribution in [1.29, 1.82) is 0 Å². The number of amides is 1. The van der Waals surface area contributed by atoms with Crippen molar-refractivity contribution in [2.45, 2.75) is 26.7 Å². The highest BCUT2D eigenvalue weighted by Crippen LogP contribution is 2.38. The molecule has 0 bridgehead atoms. The number of nitrogens with one attached hydrogen (secondary N) is 1. The van der Waals surface area contributed by atoms with Gasteiger partial charge < -0.3 is 14.5 Å². The van der Waals surface area contributed by atoms with Crippen LogP contribution in [-0.4, -0.2) is 27.9 Å². The number of carbonyl (C=O) groups is 2. The maximum atomic E-state index is 12.7. The van der Waals surface area contributed by atoms with Gasteiger partial charge in [-0.3, -0.25) is 4.79 Å². The maximum absolute atomic E-state index is 12.7. The van der Waals surface area contributed by atoms with E-state index in [0.717, 1.165) is 27.5 Å². The highest BCUT2D eigenvalue weighted by atomic mass is 32.1. The number of rotatable bonds is 7. The molecule has 0 aliphatic rings. The van der Waals surface area contributed by atoms with Gasteiger partial charge in [0.1, 0.15) is 16.2 Å². The van der Waals surface area contributed by atoms with Gasteiger partial charge >= 0.3 is 5.97 Å². The molecule has 0 saturated carbocycles. The molecule has 4 heterocycles. The molecule has 154 valence electrons. The van der Waals surface area contributed by atoms with Crippen molar-refractivity contribution in [3.63, 3.8) is 0 Å². The zero-order valence-corrected chi connectivity index (χ0v) is 18.3. The van der Waals surface area contributed by atoms with E-state index in [1.54, 1.807) is 18.3 Å². The quantitative estimate of drug-likeness (QED) is 0.403. The minimum absolute atomic E-state index is 0.148. The number of aryl methyl sites for hydroxylation is 2. The second kappa shape index (κ2) is 8.81. The fourth-order valence-electron chi connectivity index (χ4n) is 3.36. The van der Waals surface area contributed by atoms with Crippen LogP contribution < -0.4 is 5.32 Å². The number of nitrogens with zero attached hydrogens (tertiary/aromatic N) is 2. The van der Waals surface area contributed by atoms with Crippen LogP contribution in [0, 0.1) is 6.92 Å². The molecule has 0 atom stereocenters. The number of ether oxygens (including phenoxy) is 1. The van der Waals surface area contributed by atoms with Crippen LogP contribution in [0.3, 0.4) is 0 Å². The Morgan fingerprint density at radius 3 is 2.83 bits per heavy atom. The third-order valence-corrected chi connectivity index (χ3v) is 6.53. The van der Waals surface area contributed by atoms with E-state index in [9.17, 15) is 9.59 Å². The number of anilines is 1. The lowest BCUT2D eigenvalue weighted by Crippen LogP contribution is -2.15. The number of pyridine rings is 1.